The molecule has 18 heteroatoms. The molecule has 0 aliphatic carbocycles. The Morgan fingerprint density at radius 2 is 1.05 bits per heavy atom. The van der Waals surface area contributed by atoms with Gasteiger partial charge in [-0.1, -0.05) is 0 Å². The number of fused-ring (bicyclic) bond motifs is 4. The second-order valence-electron chi connectivity index (χ2n) is 17.9. The maximum absolute atomic E-state index is 13.2. The molecule has 0 radical (unpaired) electrons. The van der Waals surface area contributed by atoms with Crippen molar-refractivity contribution in [3.05, 3.63) is 95.8 Å². The molecule has 4 fully saturated rings. The molecular weight excluding hydrogens is 817 g/mol. The number of aromatic nitrogens is 6. The smallest absolute Gasteiger partial charge is 0.261 e. The molecule has 6 aromatic rings. The standard InChI is InChI=1S/2C23H26N6O3/c2*1-27-6-3-23(15-27)13-16-11-18(19(12-20(16)32-23)28-7-9-31-10-8-28)26-22(30)17-14-25-29-5-2-4-24-21(17)29/h2*2,4-5,11-12,14H,3,6-10,13,15H2,1H3,(H,26,30)/t2*23-/m10/s1. The third-order valence-corrected chi connectivity index (χ3v) is 13.3. The molecule has 2 amide bonds. The van der Waals surface area contributed by atoms with Crippen LogP contribution < -0.4 is 29.9 Å². The van der Waals surface area contributed by atoms with Crippen LogP contribution in [-0.2, 0) is 22.3 Å². The first kappa shape index (κ1) is 40.4. The fourth-order valence-corrected chi connectivity index (χ4v) is 10.2. The minimum absolute atomic E-state index is 0.158. The quantitative estimate of drug-likeness (QED) is 0.249. The van der Waals surface area contributed by atoms with Crippen LogP contribution in [0, 0.1) is 0 Å². The Labute approximate surface area is 370 Å². The number of likely N-dealkylation sites (N-methyl/N-ethyl adjacent to an activating group) is 2. The van der Waals surface area contributed by atoms with E-state index in [-0.39, 0.29) is 23.0 Å². The molecule has 6 aliphatic heterocycles. The fraction of sp³-hybridized carbons (Fsp3) is 0.435. The van der Waals surface area contributed by atoms with Crippen molar-refractivity contribution in [3.63, 3.8) is 0 Å². The van der Waals surface area contributed by atoms with Crippen LogP contribution in [0.25, 0.3) is 11.3 Å². The van der Waals surface area contributed by atoms with E-state index in [2.05, 4.69) is 88.8 Å². The van der Waals surface area contributed by atoms with Gasteiger partial charge in [0.05, 0.1) is 61.6 Å². The number of carbonyl (C=O) groups excluding carboxylic acids is 2. The Morgan fingerprint density at radius 3 is 1.45 bits per heavy atom. The maximum atomic E-state index is 13.2. The Morgan fingerprint density at radius 1 is 0.609 bits per heavy atom. The van der Waals surface area contributed by atoms with Crippen LogP contribution in [0.4, 0.5) is 22.7 Å². The highest BCUT2D eigenvalue weighted by molar-refractivity contribution is 6.10. The number of nitrogens with zero attached hydrogens (tertiary/aromatic N) is 10. The van der Waals surface area contributed by atoms with Gasteiger partial charge >= 0.3 is 0 Å². The second kappa shape index (κ2) is 16.3. The van der Waals surface area contributed by atoms with E-state index in [0.29, 0.717) is 48.8 Å². The molecule has 0 unspecified atom stereocenters. The number of nitrogens with one attached hydrogen (secondary N) is 2. The Kier molecular flexibility index (Phi) is 10.3. The van der Waals surface area contributed by atoms with Crippen LogP contribution in [0.15, 0.2) is 73.6 Å². The van der Waals surface area contributed by atoms with Crippen LogP contribution in [0.2, 0.25) is 0 Å². The van der Waals surface area contributed by atoms with E-state index in [9.17, 15) is 9.59 Å². The number of anilines is 4. The van der Waals surface area contributed by atoms with Crippen molar-refractivity contribution in [1.82, 2.24) is 39.0 Å². The van der Waals surface area contributed by atoms with Crippen molar-refractivity contribution in [2.24, 2.45) is 0 Å². The number of carbonyl (C=O) groups is 2. The van der Waals surface area contributed by atoms with E-state index >= 15 is 0 Å². The first-order chi connectivity index (χ1) is 31.2. The molecular formula is C46H52N12O6. The summed E-state index contributed by atoms with van der Waals surface area (Å²) in [4.78, 5) is 44.2. The minimum Gasteiger partial charge on any atom is -0.485 e. The fourth-order valence-electron chi connectivity index (χ4n) is 10.2. The number of rotatable bonds is 6. The summed E-state index contributed by atoms with van der Waals surface area (Å²) in [6.45, 7) is 9.66. The zero-order valence-corrected chi connectivity index (χ0v) is 36.2. The van der Waals surface area contributed by atoms with E-state index in [4.69, 9.17) is 18.9 Å². The van der Waals surface area contributed by atoms with Gasteiger partial charge in [0, 0.05) is 126 Å². The van der Waals surface area contributed by atoms with Gasteiger partial charge in [0.1, 0.15) is 33.8 Å². The zero-order chi connectivity index (χ0) is 43.4. The van der Waals surface area contributed by atoms with Gasteiger partial charge in [0.25, 0.3) is 11.8 Å². The van der Waals surface area contributed by atoms with Crippen molar-refractivity contribution in [2.45, 2.75) is 36.9 Å². The number of hydrogen-bond acceptors (Lipinski definition) is 14. The van der Waals surface area contributed by atoms with Gasteiger partial charge in [-0.25, -0.2) is 19.0 Å². The first-order valence-corrected chi connectivity index (χ1v) is 22.1. The van der Waals surface area contributed by atoms with Gasteiger partial charge in [-0.2, -0.15) is 10.2 Å². The summed E-state index contributed by atoms with van der Waals surface area (Å²) in [6.07, 6.45) is 13.8. The lowest BCUT2D eigenvalue weighted by Crippen LogP contribution is -2.37. The van der Waals surface area contributed by atoms with Crippen LogP contribution in [0.5, 0.6) is 11.5 Å². The van der Waals surface area contributed by atoms with Crippen molar-refractivity contribution in [2.75, 3.05) is 113 Å². The summed E-state index contributed by atoms with van der Waals surface area (Å²) in [5.41, 5.74) is 7.45. The third-order valence-electron chi connectivity index (χ3n) is 13.3. The lowest BCUT2D eigenvalue weighted by atomic mass is 9.96. The highest BCUT2D eigenvalue weighted by Gasteiger charge is 2.46. The van der Waals surface area contributed by atoms with Crippen LogP contribution >= 0.6 is 0 Å². The molecule has 2 atom stereocenters. The molecule has 12 rings (SSSR count). The average Bonchev–Trinajstić information content (AvgIpc) is 4.18. The number of amides is 2. The molecule has 0 bridgehead atoms. The zero-order valence-electron chi connectivity index (χ0n) is 36.2. The second-order valence-corrected chi connectivity index (χ2v) is 17.9. The molecule has 2 N–H and O–H groups in total. The number of hydrogen-bond donors (Lipinski definition) is 2. The van der Waals surface area contributed by atoms with Crippen LogP contribution in [-0.4, -0.2) is 155 Å². The minimum atomic E-state index is -0.220. The van der Waals surface area contributed by atoms with Crippen LogP contribution in [0.1, 0.15) is 44.7 Å². The summed E-state index contributed by atoms with van der Waals surface area (Å²) >= 11 is 0. The van der Waals surface area contributed by atoms with Crippen molar-refractivity contribution in [3.8, 4) is 11.5 Å². The Balaban J connectivity index is 0.000000143. The summed E-state index contributed by atoms with van der Waals surface area (Å²) < 4.78 is 27.3. The van der Waals surface area contributed by atoms with Gasteiger partial charge in [0.2, 0.25) is 0 Å². The predicted octanol–water partition coefficient (Wildman–Crippen LogP) is 3.65. The van der Waals surface area contributed by atoms with Crippen LogP contribution in [0.3, 0.4) is 0 Å². The lowest BCUT2D eigenvalue weighted by Gasteiger charge is -2.31. The van der Waals surface area contributed by atoms with Gasteiger partial charge < -0.3 is 49.2 Å². The molecule has 18 nitrogen and oxygen atoms in total. The Bertz CT molecular complexity index is 2560. The molecule has 2 aromatic carbocycles. The largest absolute Gasteiger partial charge is 0.485 e. The highest BCUT2D eigenvalue weighted by Crippen LogP contribution is 2.46. The Hall–Kier alpha value is -6.34. The maximum Gasteiger partial charge on any atom is 0.261 e. The summed E-state index contributed by atoms with van der Waals surface area (Å²) in [7, 11) is 4.27. The summed E-state index contributed by atoms with van der Waals surface area (Å²) in [6, 6.07) is 11.9. The SMILES string of the molecule is CN1CC[C@@]2(Cc3cc(NC(=O)c4cnn5cccnc45)c(N4CCOCC4)cc3O2)C1.CN1CC[C@]2(Cc3cc(NC(=O)c4cnn5cccnc45)c(N4CCOCC4)cc3O2)C1. The van der Waals surface area contributed by atoms with Crippen molar-refractivity contribution < 1.29 is 28.5 Å². The molecule has 2 spiro atoms. The number of ether oxygens (including phenoxy) is 4. The molecule has 10 heterocycles. The number of morpholine rings is 2. The van der Waals surface area contributed by atoms with E-state index in [1.54, 1.807) is 58.3 Å². The van der Waals surface area contributed by atoms with Crippen molar-refractivity contribution in [1.29, 1.82) is 0 Å². The monoisotopic (exact) mass is 868 g/mol. The number of likely N-dealkylation sites (tertiary alicyclic amines) is 2. The molecule has 4 saturated heterocycles. The average molecular weight is 869 g/mol. The number of benzene rings is 2. The molecule has 332 valence electrons. The first-order valence-electron chi connectivity index (χ1n) is 22.1. The van der Waals surface area contributed by atoms with E-state index in [1.807, 2.05) is 0 Å². The molecule has 64 heavy (non-hydrogen) atoms. The van der Waals surface area contributed by atoms with Gasteiger partial charge in [0.15, 0.2) is 11.3 Å². The molecule has 0 saturated carbocycles. The van der Waals surface area contributed by atoms with E-state index in [1.165, 1.54) is 0 Å². The normalized spacial score (nSPS) is 23.0. The molecule has 4 aromatic heterocycles. The topological polar surface area (TPSA) is 168 Å². The van der Waals surface area contributed by atoms with Gasteiger partial charge in [-0.15, -0.1) is 0 Å². The van der Waals surface area contributed by atoms with E-state index < -0.39 is 0 Å². The summed E-state index contributed by atoms with van der Waals surface area (Å²) in [5, 5.41) is 14.8. The summed E-state index contributed by atoms with van der Waals surface area (Å²) in [5.74, 6) is 1.42. The van der Waals surface area contributed by atoms with Gasteiger partial charge in [-0.3, -0.25) is 9.59 Å². The van der Waals surface area contributed by atoms with E-state index in [0.717, 1.165) is 123 Å². The van der Waals surface area contributed by atoms with Crippen molar-refractivity contribution >= 4 is 45.9 Å². The lowest BCUT2D eigenvalue weighted by molar-refractivity contribution is 0.101. The highest BCUT2D eigenvalue weighted by atomic mass is 16.5. The molecule has 6 aliphatic rings. The predicted molar refractivity (Wildman–Crippen MR) is 239 cm³/mol. The third kappa shape index (κ3) is 7.63. The van der Waals surface area contributed by atoms with Gasteiger partial charge in [-0.05, 0) is 38.4 Å².